The van der Waals surface area contributed by atoms with Crippen LogP contribution in [-0.2, 0) is 15.8 Å². The van der Waals surface area contributed by atoms with Crippen LogP contribution in [0.5, 0.6) is 0 Å². The molecule has 5 N–H and O–H groups in total. The van der Waals surface area contributed by atoms with Gasteiger partial charge in [-0.1, -0.05) is 15.9 Å². The Morgan fingerprint density at radius 1 is 1.17 bits per heavy atom. The molecular formula is C22H20BrF3IN5O4. The lowest BCUT2D eigenvalue weighted by atomic mass is 10.0. The van der Waals surface area contributed by atoms with Crippen LogP contribution in [0.1, 0.15) is 33.9 Å². The van der Waals surface area contributed by atoms with E-state index in [1.165, 1.54) is 6.07 Å². The Kier molecular flexibility index (Phi) is 9.16. The summed E-state index contributed by atoms with van der Waals surface area (Å²) in [6, 6.07) is 7.02. The maximum absolute atomic E-state index is 13.4. The number of carbonyl (C=O) groups excluding carboxylic acids is 2. The van der Waals surface area contributed by atoms with Gasteiger partial charge in [-0.25, -0.2) is 0 Å². The van der Waals surface area contributed by atoms with E-state index in [9.17, 15) is 32.7 Å². The van der Waals surface area contributed by atoms with Gasteiger partial charge in [0.05, 0.1) is 31.1 Å². The zero-order valence-corrected chi connectivity index (χ0v) is 22.1. The number of aliphatic imine (C=N–C) groups is 1. The minimum atomic E-state index is -4.71. The summed E-state index contributed by atoms with van der Waals surface area (Å²) in [6.45, 7) is 0.421. The van der Waals surface area contributed by atoms with Crippen molar-refractivity contribution in [1.82, 2.24) is 16.0 Å². The molecule has 2 aromatic carbocycles. The molecule has 0 spiro atoms. The molecule has 1 unspecified atom stereocenters. The first kappa shape index (κ1) is 27.7. The highest BCUT2D eigenvalue weighted by Gasteiger charge is 2.32. The lowest BCUT2D eigenvalue weighted by molar-refractivity contribution is -0.138. The lowest BCUT2D eigenvalue weighted by Gasteiger charge is -2.19. The van der Waals surface area contributed by atoms with E-state index in [2.05, 4.69) is 42.2 Å². The van der Waals surface area contributed by atoms with Crippen LogP contribution in [0.3, 0.4) is 0 Å². The number of carbonyl (C=O) groups is 3. The summed E-state index contributed by atoms with van der Waals surface area (Å²) in [5.74, 6) is -2.48. The summed E-state index contributed by atoms with van der Waals surface area (Å²) in [7, 11) is 0. The van der Waals surface area contributed by atoms with Crippen molar-refractivity contribution in [2.24, 2.45) is 4.99 Å². The molecule has 1 aliphatic rings. The third kappa shape index (κ3) is 8.08. The highest BCUT2D eigenvalue weighted by molar-refractivity contribution is 14.1. The van der Waals surface area contributed by atoms with Crippen LogP contribution in [-0.4, -0.2) is 48.5 Å². The van der Waals surface area contributed by atoms with Gasteiger partial charge in [0.2, 0.25) is 5.91 Å². The number of rotatable bonds is 8. The van der Waals surface area contributed by atoms with Gasteiger partial charge < -0.3 is 26.4 Å². The van der Waals surface area contributed by atoms with Crippen LogP contribution in [0.25, 0.3) is 0 Å². The molecule has 14 heteroatoms. The SMILES string of the molecule is O=C(O)CC(NC(=O)CNC(=O)c1cc(NC2=NCCN2)cc(C(F)(F)F)c1)c1cc(Br)cc(I)c1. The smallest absolute Gasteiger partial charge is 0.416 e. The van der Waals surface area contributed by atoms with E-state index in [-0.39, 0.29) is 17.2 Å². The molecule has 3 rings (SSSR count). The van der Waals surface area contributed by atoms with Crippen molar-refractivity contribution >= 4 is 68.0 Å². The normalized spacial score (nSPS) is 13.9. The highest BCUT2D eigenvalue weighted by Crippen LogP contribution is 2.32. The number of aliphatic carboxylic acids is 1. The minimum absolute atomic E-state index is 0.00152. The Hall–Kier alpha value is -2.88. The number of nitrogens with zero attached hydrogens (tertiary/aromatic N) is 1. The topological polar surface area (TPSA) is 132 Å². The molecule has 0 aromatic heterocycles. The second-order valence-corrected chi connectivity index (χ2v) is 9.84. The van der Waals surface area contributed by atoms with Crippen LogP contribution in [0.15, 0.2) is 45.9 Å². The monoisotopic (exact) mass is 681 g/mol. The number of alkyl halides is 3. The fourth-order valence-electron chi connectivity index (χ4n) is 3.32. The van der Waals surface area contributed by atoms with Crippen LogP contribution >= 0.6 is 38.5 Å². The summed E-state index contributed by atoms with van der Waals surface area (Å²) in [5.41, 5.74) is -0.833. The summed E-state index contributed by atoms with van der Waals surface area (Å²) in [4.78, 5) is 40.5. The van der Waals surface area contributed by atoms with E-state index in [0.29, 0.717) is 29.2 Å². The quantitative estimate of drug-likeness (QED) is 0.271. The highest BCUT2D eigenvalue weighted by atomic mass is 127. The summed E-state index contributed by atoms with van der Waals surface area (Å²) >= 11 is 5.37. The molecule has 0 saturated heterocycles. The van der Waals surface area contributed by atoms with Gasteiger partial charge in [-0.05, 0) is 64.6 Å². The molecule has 1 heterocycles. The van der Waals surface area contributed by atoms with Gasteiger partial charge in [-0.15, -0.1) is 0 Å². The number of carboxylic acids is 1. The largest absolute Gasteiger partial charge is 0.481 e. The van der Waals surface area contributed by atoms with Gasteiger partial charge in [0, 0.05) is 25.8 Å². The van der Waals surface area contributed by atoms with Crippen LogP contribution in [0.2, 0.25) is 0 Å². The Bertz CT molecular complexity index is 1190. The first-order valence-corrected chi connectivity index (χ1v) is 12.3. The molecule has 0 aliphatic carbocycles. The van der Waals surface area contributed by atoms with Gasteiger partial charge in [0.15, 0.2) is 5.96 Å². The standard InChI is InChI=1S/C22H20BrF3IN5O4/c23-14-4-11(5-15(27)8-14)17(9-19(34)35)32-18(33)10-30-20(36)12-3-13(22(24,25)26)7-16(6-12)31-21-28-1-2-29-21/h3-8,17H,1-2,9-10H2,(H,30,36)(H,32,33)(H,34,35)(H2,28,29,31). The maximum atomic E-state index is 13.4. The molecule has 1 atom stereocenters. The Morgan fingerprint density at radius 2 is 1.92 bits per heavy atom. The van der Waals surface area contributed by atoms with Crippen molar-refractivity contribution in [3.63, 3.8) is 0 Å². The van der Waals surface area contributed by atoms with Crippen molar-refractivity contribution in [3.05, 3.63) is 61.1 Å². The molecule has 9 nitrogen and oxygen atoms in total. The molecule has 0 bridgehead atoms. The van der Waals surface area contributed by atoms with Crippen LogP contribution < -0.4 is 21.3 Å². The number of hydrogen-bond acceptors (Lipinski definition) is 6. The van der Waals surface area contributed by atoms with Crippen LogP contribution in [0, 0.1) is 3.57 Å². The molecular weight excluding hydrogens is 662 g/mol. The number of amides is 2. The van der Waals surface area contributed by atoms with E-state index in [0.717, 1.165) is 9.64 Å². The number of anilines is 1. The summed E-state index contributed by atoms with van der Waals surface area (Å²) < 4.78 is 41.6. The van der Waals surface area contributed by atoms with E-state index in [1.54, 1.807) is 18.2 Å². The fourth-order valence-corrected chi connectivity index (χ4v) is 4.96. The van der Waals surface area contributed by atoms with Gasteiger partial charge in [0.25, 0.3) is 5.91 Å². The predicted octanol–water partition coefficient (Wildman–Crippen LogP) is 3.51. The van der Waals surface area contributed by atoms with Gasteiger partial charge in [0.1, 0.15) is 0 Å². The summed E-state index contributed by atoms with van der Waals surface area (Å²) in [6.07, 6.45) is -5.12. The van der Waals surface area contributed by atoms with Gasteiger partial charge in [-0.2, -0.15) is 13.2 Å². The van der Waals surface area contributed by atoms with E-state index in [1.807, 2.05) is 22.6 Å². The van der Waals surface area contributed by atoms with Crippen molar-refractivity contribution < 1.29 is 32.7 Å². The fraction of sp³-hybridized carbons (Fsp3) is 0.273. The molecule has 0 radical (unpaired) electrons. The predicted molar refractivity (Wildman–Crippen MR) is 138 cm³/mol. The van der Waals surface area contributed by atoms with Gasteiger partial charge >= 0.3 is 12.1 Å². The first-order valence-electron chi connectivity index (χ1n) is 10.4. The molecule has 1 aliphatic heterocycles. The maximum Gasteiger partial charge on any atom is 0.416 e. The Balaban J connectivity index is 1.71. The molecule has 2 aromatic rings. The Labute approximate surface area is 225 Å². The number of hydrogen-bond donors (Lipinski definition) is 5. The number of guanidine groups is 1. The van der Waals surface area contributed by atoms with Crippen molar-refractivity contribution in [1.29, 1.82) is 0 Å². The first-order chi connectivity index (χ1) is 16.9. The van der Waals surface area contributed by atoms with E-state index in [4.69, 9.17) is 0 Å². The van der Waals surface area contributed by atoms with E-state index < -0.39 is 48.5 Å². The van der Waals surface area contributed by atoms with Crippen LogP contribution in [0.4, 0.5) is 18.9 Å². The number of nitrogens with one attached hydrogen (secondary N) is 4. The average molecular weight is 682 g/mol. The second kappa shape index (κ2) is 11.9. The third-order valence-electron chi connectivity index (χ3n) is 4.87. The van der Waals surface area contributed by atoms with E-state index >= 15 is 0 Å². The molecule has 0 fully saturated rings. The average Bonchev–Trinajstić information content (AvgIpc) is 3.28. The molecule has 36 heavy (non-hydrogen) atoms. The minimum Gasteiger partial charge on any atom is -0.481 e. The number of benzene rings is 2. The zero-order chi connectivity index (χ0) is 26.5. The molecule has 2 amide bonds. The zero-order valence-electron chi connectivity index (χ0n) is 18.4. The number of halogens is 5. The van der Waals surface area contributed by atoms with Crippen molar-refractivity contribution in [2.45, 2.75) is 18.6 Å². The van der Waals surface area contributed by atoms with Gasteiger partial charge in [-0.3, -0.25) is 19.4 Å². The lowest BCUT2D eigenvalue weighted by Crippen LogP contribution is -2.39. The molecule has 0 saturated carbocycles. The Morgan fingerprint density at radius 3 is 2.53 bits per heavy atom. The van der Waals surface area contributed by atoms with Crippen molar-refractivity contribution in [3.8, 4) is 0 Å². The second-order valence-electron chi connectivity index (χ2n) is 7.68. The molecule has 192 valence electrons. The van der Waals surface area contributed by atoms with Crippen molar-refractivity contribution in [2.75, 3.05) is 25.0 Å². The third-order valence-corrected chi connectivity index (χ3v) is 5.95. The number of carboxylic acid groups (broad SMARTS) is 1. The summed E-state index contributed by atoms with van der Waals surface area (Å²) in [5, 5.41) is 19.6.